The normalized spacial score (nSPS) is 13.5. The third-order valence-corrected chi connectivity index (χ3v) is 12.9. The SMILES string of the molecule is C=C/C=C\C=C(/C)N(c1ccc(-c2ccccc2)cc1)c1ccc(-n2c3cc4c(cc3c3cc5c6ccccc6c6ccccc6c5cc32)-c2ccccc2C4(C)C)cc1. The van der Waals surface area contributed by atoms with Crippen LogP contribution in [0, 0.1) is 0 Å². The van der Waals surface area contributed by atoms with Gasteiger partial charge in [-0.15, -0.1) is 0 Å². The number of benzene rings is 9. The third-order valence-electron chi connectivity index (χ3n) is 12.9. The van der Waals surface area contributed by atoms with Crippen LogP contribution in [0.15, 0.2) is 213 Å². The van der Waals surface area contributed by atoms with Crippen LogP contribution >= 0.6 is 0 Å². The third kappa shape index (κ3) is 5.48. The molecule has 1 aliphatic carbocycles. The van der Waals surface area contributed by atoms with E-state index < -0.39 is 0 Å². The molecule has 10 aromatic rings. The lowest BCUT2D eigenvalue weighted by Crippen LogP contribution is -2.15. The fourth-order valence-electron chi connectivity index (χ4n) is 9.97. The van der Waals surface area contributed by atoms with Crippen molar-refractivity contribution in [3.05, 3.63) is 224 Å². The zero-order valence-corrected chi connectivity index (χ0v) is 34.2. The number of allylic oxidation sites excluding steroid dienone is 5. The van der Waals surface area contributed by atoms with Crippen LogP contribution in [-0.2, 0) is 5.41 Å². The summed E-state index contributed by atoms with van der Waals surface area (Å²) >= 11 is 0. The highest BCUT2D eigenvalue weighted by Crippen LogP contribution is 2.51. The van der Waals surface area contributed by atoms with Crippen molar-refractivity contribution in [3.63, 3.8) is 0 Å². The fourth-order valence-corrected chi connectivity index (χ4v) is 9.97. The van der Waals surface area contributed by atoms with Gasteiger partial charge in [0.1, 0.15) is 0 Å². The van der Waals surface area contributed by atoms with Gasteiger partial charge in [0.15, 0.2) is 0 Å². The monoisotopic (exact) mass is 768 g/mol. The number of fused-ring (bicyclic) bond motifs is 12. The Hall–Kier alpha value is -7.42. The second-order valence-corrected chi connectivity index (χ2v) is 16.6. The number of hydrogen-bond donors (Lipinski definition) is 0. The van der Waals surface area contributed by atoms with Crippen molar-refractivity contribution in [2.24, 2.45) is 0 Å². The number of hydrogen-bond acceptors (Lipinski definition) is 1. The molecule has 2 heteroatoms. The van der Waals surface area contributed by atoms with E-state index in [9.17, 15) is 0 Å². The van der Waals surface area contributed by atoms with Gasteiger partial charge in [0.25, 0.3) is 0 Å². The van der Waals surface area contributed by atoms with E-state index >= 15 is 0 Å². The average Bonchev–Trinajstić information content (AvgIpc) is 3.72. The van der Waals surface area contributed by atoms with Gasteiger partial charge in [-0.1, -0.05) is 154 Å². The first-order valence-electron chi connectivity index (χ1n) is 20.9. The first-order chi connectivity index (χ1) is 29.4. The molecule has 0 fully saturated rings. The summed E-state index contributed by atoms with van der Waals surface area (Å²) in [5, 5.41) is 10.2. The standard InChI is InChI=1S/C58H44N2/c1-5-6-8-17-38(2)59(41-28-26-40(27-29-41)39-18-9-7-10-19-39)42-30-32-43(33-31-42)60-56-36-50-47-23-14-12-21-45(47)44-20-11-13-22-46(44)49(50)34-52(56)53-35-51-48-24-15-16-25-54(48)58(3,4)55(51)37-57(53)60/h5-37H,1H2,2-4H3/b8-6-,38-17+. The molecule has 0 amide bonds. The predicted molar refractivity (Wildman–Crippen MR) is 258 cm³/mol. The van der Waals surface area contributed by atoms with E-state index in [1.807, 2.05) is 12.2 Å². The van der Waals surface area contributed by atoms with Gasteiger partial charge in [-0.2, -0.15) is 0 Å². The minimum Gasteiger partial charge on any atom is -0.315 e. The first-order valence-corrected chi connectivity index (χ1v) is 20.9. The number of aromatic nitrogens is 1. The molecule has 0 bridgehead atoms. The molecule has 2 nitrogen and oxygen atoms in total. The Bertz CT molecular complexity index is 3400. The van der Waals surface area contributed by atoms with Gasteiger partial charge in [0.05, 0.1) is 11.0 Å². The molecule has 0 atom stereocenters. The molecule has 0 aliphatic heterocycles. The van der Waals surface area contributed by atoms with Crippen LogP contribution < -0.4 is 4.90 Å². The van der Waals surface area contributed by atoms with E-state index in [1.54, 1.807) is 0 Å². The first kappa shape index (κ1) is 35.7. The molecule has 286 valence electrons. The van der Waals surface area contributed by atoms with Crippen molar-refractivity contribution in [1.29, 1.82) is 0 Å². The van der Waals surface area contributed by atoms with Crippen molar-refractivity contribution in [3.8, 4) is 27.9 Å². The van der Waals surface area contributed by atoms with Gasteiger partial charge in [-0.25, -0.2) is 0 Å². The summed E-state index contributed by atoms with van der Waals surface area (Å²) in [6, 6.07) is 65.2. The summed E-state index contributed by atoms with van der Waals surface area (Å²) in [5.74, 6) is 0. The molecular weight excluding hydrogens is 725 g/mol. The largest absolute Gasteiger partial charge is 0.315 e. The van der Waals surface area contributed by atoms with Gasteiger partial charge in [0.2, 0.25) is 0 Å². The maximum atomic E-state index is 3.88. The van der Waals surface area contributed by atoms with E-state index in [0.717, 1.165) is 22.8 Å². The van der Waals surface area contributed by atoms with Crippen LogP contribution in [0.25, 0.3) is 82.1 Å². The van der Waals surface area contributed by atoms with E-state index in [-0.39, 0.29) is 5.41 Å². The lowest BCUT2D eigenvalue weighted by Gasteiger charge is -2.26. The lowest BCUT2D eigenvalue weighted by molar-refractivity contribution is 0.661. The van der Waals surface area contributed by atoms with Gasteiger partial charge in [-0.3, -0.25) is 0 Å². The minimum atomic E-state index is -0.122. The van der Waals surface area contributed by atoms with E-state index in [0.29, 0.717) is 0 Å². The number of anilines is 2. The Morgan fingerprint density at radius 3 is 1.68 bits per heavy atom. The fraction of sp³-hybridized carbons (Fsp3) is 0.0690. The zero-order valence-electron chi connectivity index (χ0n) is 34.2. The van der Waals surface area contributed by atoms with Crippen LogP contribution in [0.1, 0.15) is 31.9 Å². The van der Waals surface area contributed by atoms with Crippen LogP contribution in [0.4, 0.5) is 11.4 Å². The van der Waals surface area contributed by atoms with Crippen molar-refractivity contribution in [1.82, 2.24) is 4.57 Å². The summed E-state index contributed by atoms with van der Waals surface area (Å²) in [5.41, 5.74) is 14.6. The van der Waals surface area contributed by atoms with Crippen LogP contribution in [-0.4, -0.2) is 4.57 Å². The Labute approximate surface area is 351 Å². The second-order valence-electron chi connectivity index (χ2n) is 16.6. The molecule has 0 unspecified atom stereocenters. The van der Waals surface area contributed by atoms with Crippen molar-refractivity contribution >= 4 is 65.5 Å². The summed E-state index contributed by atoms with van der Waals surface area (Å²) in [7, 11) is 0. The molecule has 60 heavy (non-hydrogen) atoms. The Morgan fingerprint density at radius 1 is 0.483 bits per heavy atom. The Kier molecular flexibility index (Phi) is 8.25. The van der Waals surface area contributed by atoms with Crippen molar-refractivity contribution < 1.29 is 0 Å². The molecule has 1 aromatic heterocycles. The highest BCUT2D eigenvalue weighted by Gasteiger charge is 2.36. The van der Waals surface area contributed by atoms with Gasteiger partial charge in [-0.05, 0) is 139 Å². The summed E-state index contributed by atoms with van der Waals surface area (Å²) in [6.45, 7) is 10.8. The topological polar surface area (TPSA) is 8.17 Å². The number of nitrogens with zero attached hydrogens (tertiary/aromatic N) is 2. The Balaban J connectivity index is 1.14. The summed E-state index contributed by atoms with van der Waals surface area (Å²) < 4.78 is 2.51. The summed E-state index contributed by atoms with van der Waals surface area (Å²) in [6.07, 6.45) is 7.98. The maximum absolute atomic E-state index is 3.88. The highest BCUT2D eigenvalue weighted by molar-refractivity contribution is 6.29. The lowest BCUT2D eigenvalue weighted by atomic mass is 9.82. The second kappa shape index (κ2) is 13.9. The molecule has 1 aliphatic rings. The molecular formula is C58H44N2. The zero-order chi connectivity index (χ0) is 40.5. The molecule has 0 spiro atoms. The van der Waals surface area contributed by atoms with Crippen LogP contribution in [0.3, 0.4) is 0 Å². The van der Waals surface area contributed by atoms with Crippen LogP contribution in [0.2, 0.25) is 0 Å². The van der Waals surface area contributed by atoms with Crippen molar-refractivity contribution in [2.75, 3.05) is 4.90 Å². The van der Waals surface area contributed by atoms with Gasteiger partial charge < -0.3 is 9.47 Å². The predicted octanol–water partition coefficient (Wildman–Crippen LogP) is 16.0. The highest BCUT2D eigenvalue weighted by atomic mass is 15.1. The summed E-state index contributed by atoms with van der Waals surface area (Å²) in [4.78, 5) is 2.33. The number of rotatable bonds is 7. The van der Waals surface area contributed by atoms with Crippen molar-refractivity contribution in [2.45, 2.75) is 26.2 Å². The van der Waals surface area contributed by atoms with Gasteiger partial charge >= 0.3 is 0 Å². The molecule has 9 aromatic carbocycles. The quantitative estimate of drug-likeness (QED) is 0.116. The van der Waals surface area contributed by atoms with E-state index in [2.05, 4.69) is 225 Å². The molecule has 0 radical (unpaired) electrons. The molecule has 0 saturated heterocycles. The molecule has 0 N–H and O–H groups in total. The van der Waals surface area contributed by atoms with E-state index in [1.165, 1.54) is 87.5 Å². The van der Waals surface area contributed by atoms with Crippen LogP contribution in [0.5, 0.6) is 0 Å². The van der Waals surface area contributed by atoms with E-state index in [4.69, 9.17) is 0 Å². The Morgan fingerprint density at radius 2 is 1.02 bits per heavy atom. The minimum absolute atomic E-state index is 0.122. The molecule has 11 rings (SSSR count). The smallest absolute Gasteiger partial charge is 0.0547 e. The average molecular weight is 769 g/mol. The maximum Gasteiger partial charge on any atom is 0.0547 e. The molecule has 1 heterocycles. The molecule has 0 saturated carbocycles. The van der Waals surface area contributed by atoms with Gasteiger partial charge in [0, 0.05) is 38.9 Å².